The molecular weight excluding hydrogens is 366 g/mol. The Kier molecular flexibility index (Phi) is 4.91. The number of amides is 1. The zero-order valence-electron chi connectivity index (χ0n) is 15.6. The van der Waals surface area contributed by atoms with Gasteiger partial charge in [-0.1, -0.05) is 72.8 Å². The molecule has 0 unspecified atom stereocenters. The molecule has 0 spiro atoms. The summed E-state index contributed by atoms with van der Waals surface area (Å²) in [4.78, 5) is 23.4. The van der Waals surface area contributed by atoms with Crippen molar-refractivity contribution in [2.24, 2.45) is 11.0 Å². The number of para-hydroxylation sites is 1. The maximum atomic E-state index is 12.8. The van der Waals surface area contributed by atoms with E-state index in [2.05, 4.69) is 10.5 Å². The molecule has 29 heavy (non-hydrogen) atoms. The first-order valence-electron chi connectivity index (χ1n) is 9.30. The zero-order valence-corrected chi connectivity index (χ0v) is 15.6. The number of carbonyl (C=O) groups excluding carboxylic acids is 1. The van der Waals surface area contributed by atoms with Crippen LogP contribution in [0.4, 0.5) is 5.69 Å². The molecule has 6 nitrogen and oxygen atoms in total. The lowest BCUT2D eigenvalue weighted by molar-refractivity contribution is -0.385. The maximum Gasteiger partial charge on any atom is 0.278 e. The van der Waals surface area contributed by atoms with Crippen LogP contribution in [-0.4, -0.2) is 17.0 Å². The lowest BCUT2D eigenvalue weighted by Gasteiger charge is -2.18. The Morgan fingerprint density at radius 1 is 0.966 bits per heavy atom. The van der Waals surface area contributed by atoms with Crippen molar-refractivity contribution in [1.29, 1.82) is 0 Å². The molecule has 3 aromatic rings. The number of nitrogens with zero attached hydrogens (tertiary/aromatic N) is 2. The molecule has 0 radical (unpaired) electrons. The van der Waals surface area contributed by atoms with Gasteiger partial charge >= 0.3 is 0 Å². The molecule has 144 valence electrons. The third-order valence-electron chi connectivity index (χ3n) is 5.37. The molecule has 1 aliphatic carbocycles. The molecule has 0 saturated heterocycles. The second-order valence-electron chi connectivity index (χ2n) is 7.01. The predicted molar refractivity (Wildman–Crippen MR) is 111 cm³/mol. The molecular formula is C23H19N3O3. The predicted octanol–water partition coefficient (Wildman–Crippen LogP) is 4.05. The van der Waals surface area contributed by atoms with Crippen LogP contribution in [0.15, 0.2) is 90.0 Å². The van der Waals surface area contributed by atoms with Gasteiger partial charge in [0.2, 0.25) is 5.91 Å². The quantitative estimate of drug-likeness (QED) is 0.395. The molecule has 4 rings (SSSR count). The third-order valence-corrected chi connectivity index (χ3v) is 5.37. The van der Waals surface area contributed by atoms with Gasteiger partial charge in [0.25, 0.3) is 5.69 Å². The first-order valence-corrected chi connectivity index (χ1v) is 9.30. The highest BCUT2D eigenvalue weighted by Gasteiger charge is 2.60. The topological polar surface area (TPSA) is 84.6 Å². The van der Waals surface area contributed by atoms with Crippen LogP contribution >= 0.6 is 0 Å². The molecule has 0 aliphatic heterocycles. The lowest BCUT2D eigenvalue weighted by atomic mass is 9.85. The highest BCUT2D eigenvalue weighted by Crippen LogP contribution is 2.58. The Labute approximate surface area is 168 Å². The van der Waals surface area contributed by atoms with Gasteiger partial charge in [-0.3, -0.25) is 14.9 Å². The Morgan fingerprint density at radius 2 is 1.52 bits per heavy atom. The van der Waals surface area contributed by atoms with Crippen molar-refractivity contribution in [2.75, 3.05) is 0 Å². The van der Waals surface area contributed by atoms with Crippen LogP contribution in [0.25, 0.3) is 0 Å². The van der Waals surface area contributed by atoms with Crippen molar-refractivity contribution in [2.45, 2.75) is 11.8 Å². The number of nitro benzene ring substituents is 1. The van der Waals surface area contributed by atoms with Gasteiger partial charge in [0.15, 0.2) is 0 Å². The SMILES string of the molecule is O=C(N/N=C\c1ccccc1[N+](=O)[O-])[C@H]1CC1(c1ccccc1)c1ccccc1. The van der Waals surface area contributed by atoms with Crippen molar-refractivity contribution < 1.29 is 9.72 Å². The monoisotopic (exact) mass is 385 g/mol. The number of nitro groups is 1. The molecule has 1 atom stereocenters. The minimum atomic E-state index is -0.472. The summed E-state index contributed by atoms with van der Waals surface area (Å²) >= 11 is 0. The van der Waals surface area contributed by atoms with E-state index in [1.165, 1.54) is 12.3 Å². The van der Waals surface area contributed by atoms with E-state index in [1.54, 1.807) is 18.2 Å². The highest BCUT2D eigenvalue weighted by molar-refractivity contribution is 5.89. The maximum absolute atomic E-state index is 12.8. The van der Waals surface area contributed by atoms with Gasteiger partial charge in [0.1, 0.15) is 0 Å². The van der Waals surface area contributed by atoms with Crippen LogP contribution in [0.1, 0.15) is 23.1 Å². The summed E-state index contributed by atoms with van der Waals surface area (Å²) in [6.45, 7) is 0. The molecule has 3 aromatic carbocycles. The van der Waals surface area contributed by atoms with Crippen LogP contribution in [0.3, 0.4) is 0 Å². The fraction of sp³-hybridized carbons (Fsp3) is 0.130. The molecule has 1 saturated carbocycles. The number of nitrogens with one attached hydrogen (secondary N) is 1. The molecule has 1 N–H and O–H groups in total. The first kappa shape index (κ1) is 18.6. The summed E-state index contributed by atoms with van der Waals surface area (Å²) in [5.41, 5.74) is 4.65. The van der Waals surface area contributed by atoms with Gasteiger partial charge in [-0.05, 0) is 23.6 Å². The van der Waals surface area contributed by atoms with Crippen molar-refractivity contribution in [1.82, 2.24) is 5.43 Å². The van der Waals surface area contributed by atoms with Gasteiger partial charge in [0.05, 0.1) is 22.6 Å². The number of carbonyl (C=O) groups is 1. The van der Waals surface area contributed by atoms with E-state index < -0.39 is 4.92 Å². The van der Waals surface area contributed by atoms with Crippen LogP contribution < -0.4 is 5.43 Å². The summed E-state index contributed by atoms with van der Waals surface area (Å²) in [6.07, 6.45) is 2.00. The summed E-state index contributed by atoms with van der Waals surface area (Å²) < 4.78 is 0. The smallest absolute Gasteiger partial charge is 0.273 e. The Bertz CT molecular complexity index is 1030. The van der Waals surface area contributed by atoms with Crippen LogP contribution in [0.2, 0.25) is 0 Å². The minimum absolute atomic E-state index is 0.0557. The van der Waals surface area contributed by atoms with Crippen LogP contribution in [-0.2, 0) is 10.2 Å². The largest absolute Gasteiger partial charge is 0.278 e. The van der Waals surface area contributed by atoms with Crippen molar-refractivity contribution >= 4 is 17.8 Å². The molecule has 0 bridgehead atoms. The number of benzene rings is 3. The van der Waals surface area contributed by atoms with Crippen LogP contribution in [0.5, 0.6) is 0 Å². The van der Waals surface area contributed by atoms with E-state index in [-0.39, 0.29) is 22.9 Å². The van der Waals surface area contributed by atoms with E-state index in [1.807, 2.05) is 60.7 Å². The summed E-state index contributed by atoms with van der Waals surface area (Å²) in [5.74, 6) is -0.456. The van der Waals surface area contributed by atoms with E-state index >= 15 is 0 Å². The molecule has 0 heterocycles. The van der Waals surface area contributed by atoms with Crippen molar-refractivity contribution in [3.8, 4) is 0 Å². The first-order chi connectivity index (χ1) is 14.1. The summed E-state index contributed by atoms with van der Waals surface area (Å²) in [7, 11) is 0. The van der Waals surface area contributed by atoms with E-state index in [0.717, 1.165) is 11.1 Å². The molecule has 1 fully saturated rings. The van der Waals surface area contributed by atoms with Gasteiger partial charge < -0.3 is 0 Å². The molecule has 1 amide bonds. The van der Waals surface area contributed by atoms with E-state index in [9.17, 15) is 14.9 Å². The second kappa shape index (κ2) is 7.67. The second-order valence-corrected chi connectivity index (χ2v) is 7.01. The van der Waals surface area contributed by atoms with E-state index in [0.29, 0.717) is 12.0 Å². The van der Waals surface area contributed by atoms with Gasteiger partial charge in [-0.25, -0.2) is 5.43 Å². The van der Waals surface area contributed by atoms with Gasteiger partial charge in [0, 0.05) is 11.5 Å². The third kappa shape index (κ3) is 3.52. The number of hydrogen-bond donors (Lipinski definition) is 1. The average molecular weight is 385 g/mol. The Morgan fingerprint density at radius 3 is 2.10 bits per heavy atom. The molecule has 1 aliphatic rings. The zero-order chi connectivity index (χ0) is 20.3. The fourth-order valence-electron chi connectivity index (χ4n) is 3.86. The number of hydrogen-bond acceptors (Lipinski definition) is 4. The van der Waals surface area contributed by atoms with Gasteiger partial charge in [-0.15, -0.1) is 0 Å². The fourth-order valence-corrected chi connectivity index (χ4v) is 3.86. The normalized spacial score (nSPS) is 17.0. The standard InChI is InChI=1S/C23H19N3O3/c27-22(25-24-16-17-9-7-8-14-21(17)26(28)29)20-15-23(20,18-10-3-1-4-11-18)19-12-5-2-6-13-19/h1-14,16,20H,15H2,(H,25,27)/b24-16-/t20-/m1/s1. The van der Waals surface area contributed by atoms with Crippen molar-refractivity contribution in [3.63, 3.8) is 0 Å². The van der Waals surface area contributed by atoms with E-state index in [4.69, 9.17) is 0 Å². The number of rotatable bonds is 6. The molecule has 0 aromatic heterocycles. The van der Waals surface area contributed by atoms with Crippen molar-refractivity contribution in [3.05, 3.63) is 112 Å². The summed E-state index contributed by atoms with van der Waals surface area (Å²) in [5, 5.41) is 15.1. The molecule has 6 heteroatoms. The number of hydrazone groups is 1. The minimum Gasteiger partial charge on any atom is -0.273 e. The Balaban J connectivity index is 1.55. The highest BCUT2D eigenvalue weighted by atomic mass is 16.6. The lowest BCUT2D eigenvalue weighted by Crippen LogP contribution is -2.25. The summed E-state index contributed by atoms with van der Waals surface area (Å²) in [6, 6.07) is 26.2. The Hall–Kier alpha value is -3.80. The van der Waals surface area contributed by atoms with Gasteiger partial charge in [-0.2, -0.15) is 5.10 Å². The average Bonchev–Trinajstić information content (AvgIpc) is 3.52. The van der Waals surface area contributed by atoms with Crippen LogP contribution in [0, 0.1) is 16.0 Å².